The van der Waals surface area contributed by atoms with Crippen LogP contribution in [0.4, 0.5) is 0 Å². The zero-order valence-electron chi connectivity index (χ0n) is 7.63. The normalized spacial score (nSPS) is 10.1. The molecule has 0 fully saturated rings. The average molecular weight is 212 g/mol. The molecular weight excluding hydrogens is 200 g/mol. The van der Waals surface area contributed by atoms with Gasteiger partial charge < -0.3 is 28.2 Å². The minimum absolute atomic E-state index is 0. The quantitative estimate of drug-likeness (QED) is 0.559. The number of aromatic hydroxyl groups is 1. The second-order valence-electron chi connectivity index (χ2n) is 3.08. The van der Waals surface area contributed by atoms with Crippen LogP contribution in [0.2, 0.25) is 0 Å². The van der Waals surface area contributed by atoms with E-state index in [2.05, 4.69) is 4.98 Å². The van der Waals surface area contributed by atoms with E-state index in [1.807, 2.05) is 12.3 Å². The minimum Gasteiger partial charge on any atom is -1.00 e. The van der Waals surface area contributed by atoms with E-state index in [0.29, 0.717) is 12.3 Å². The Morgan fingerprint density at radius 2 is 2.14 bits per heavy atom. The van der Waals surface area contributed by atoms with Gasteiger partial charge in [-0.3, -0.25) is 0 Å². The number of hydrogen-bond acceptors (Lipinski definition) is 2. The van der Waals surface area contributed by atoms with Crippen molar-refractivity contribution in [3.63, 3.8) is 0 Å². The Morgan fingerprint density at radius 1 is 1.36 bits per heavy atom. The summed E-state index contributed by atoms with van der Waals surface area (Å²) in [6, 6.07) is 5.30. The van der Waals surface area contributed by atoms with E-state index in [-0.39, 0.29) is 12.4 Å². The van der Waals surface area contributed by atoms with Gasteiger partial charge in [-0.05, 0) is 36.7 Å². The molecule has 2 rings (SSSR count). The Bertz CT molecular complexity index is 425. The van der Waals surface area contributed by atoms with Gasteiger partial charge in [-0.1, -0.05) is 0 Å². The monoisotopic (exact) mass is 211 g/mol. The molecule has 0 amide bonds. The predicted octanol–water partition coefficient (Wildman–Crippen LogP) is -1.62. The van der Waals surface area contributed by atoms with Crippen molar-refractivity contribution in [1.82, 2.24) is 4.98 Å². The molecule has 0 aliphatic carbocycles. The first-order valence-corrected chi connectivity index (χ1v) is 4.30. The molecule has 14 heavy (non-hydrogen) atoms. The maximum atomic E-state index is 9.30. The Labute approximate surface area is 88.3 Å². The van der Waals surface area contributed by atoms with E-state index < -0.39 is 0 Å². The fraction of sp³-hybridized carbons (Fsp3) is 0.200. The minimum atomic E-state index is 0. The summed E-state index contributed by atoms with van der Waals surface area (Å²) in [6.45, 7) is 0.628. The topological polar surface area (TPSA) is 62.0 Å². The summed E-state index contributed by atoms with van der Waals surface area (Å²) in [7, 11) is 0. The number of nitrogens with one attached hydrogen (secondary N) is 1. The van der Waals surface area contributed by atoms with E-state index in [0.717, 1.165) is 22.9 Å². The third-order valence-corrected chi connectivity index (χ3v) is 2.16. The van der Waals surface area contributed by atoms with Crippen LogP contribution in [0, 0.1) is 0 Å². The Morgan fingerprint density at radius 3 is 2.86 bits per heavy atom. The molecule has 0 bridgehead atoms. The van der Waals surface area contributed by atoms with Crippen LogP contribution < -0.4 is 18.1 Å². The molecule has 0 spiro atoms. The van der Waals surface area contributed by atoms with Crippen molar-refractivity contribution in [3.05, 3.63) is 30.0 Å². The summed E-state index contributed by atoms with van der Waals surface area (Å²) in [6.07, 6.45) is 2.78. The second kappa shape index (κ2) is 4.35. The van der Waals surface area contributed by atoms with E-state index >= 15 is 0 Å². The van der Waals surface area contributed by atoms with Crippen LogP contribution in [0.3, 0.4) is 0 Å². The number of aromatic nitrogens is 1. The first kappa shape index (κ1) is 10.9. The number of rotatable bonds is 2. The number of aromatic amines is 1. The lowest BCUT2D eigenvalue weighted by Crippen LogP contribution is -3.00. The van der Waals surface area contributed by atoms with Gasteiger partial charge in [0.25, 0.3) is 0 Å². The van der Waals surface area contributed by atoms with Crippen LogP contribution in [0.1, 0.15) is 5.56 Å². The lowest BCUT2D eigenvalue weighted by Gasteiger charge is -1.96. The van der Waals surface area contributed by atoms with Crippen molar-refractivity contribution >= 4 is 10.9 Å². The highest BCUT2D eigenvalue weighted by atomic mass is 35.5. The molecule has 1 aromatic carbocycles. The zero-order valence-corrected chi connectivity index (χ0v) is 8.38. The maximum absolute atomic E-state index is 9.30. The molecule has 4 N–H and O–H groups in total. The molecule has 0 radical (unpaired) electrons. The van der Waals surface area contributed by atoms with Gasteiger partial charge in [-0.15, -0.1) is 0 Å². The first-order valence-electron chi connectivity index (χ1n) is 4.30. The molecule has 0 aliphatic heterocycles. The maximum Gasteiger partial charge on any atom is 0.116 e. The Hall–Kier alpha value is -1.19. The molecule has 0 aliphatic rings. The number of halogens is 1. The van der Waals surface area contributed by atoms with Gasteiger partial charge in [0, 0.05) is 17.1 Å². The van der Waals surface area contributed by atoms with Crippen LogP contribution in [0.5, 0.6) is 5.75 Å². The summed E-state index contributed by atoms with van der Waals surface area (Å²) in [5.41, 5.74) is 7.68. The largest absolute Gasteiger partial charge is 1.00 e. The second-order valence-corrected chi connectivity index (χ2v) is 3.08. The number of fused-ring (bicyclic) bond motifs is 1. The van der Waals surface area contributed by atoms with Crippen molar-refractivity contribution < 1.29 is 17.5 Å². The molecule has 4 heteroatoms. The smallest absolute Gasteiger partial charge is 0.116 e. The fourth-order valence-electron chi connectivity index (χ4n) is 1.53. The molecule has 0 atom stereocenters. The number of nitrogens with two attached hydrogens (primary N) is 1. The summed E-state index contributed by atoms with van der Waals surface area (Å²) < 4.78 is 0. The van der Waals surface area contributed by atoms with Gasteiger partial charge in [0.15, 0.2) is 0 Å². The Balaban J connectivity index is 0.000000980. The number of phenolic OH excluding ortho intramolecular Hbond substituents is 1. The molecule has 1 heterocycles. The molecule has 0 unspecified atom stereocenters. The van der Waals surface area contributed by atoms with Crippen molar-refractivity contribution in [2.24, 2.45) is 5.73 Å². The molecule has 3 nitrogen and oxygen atoms in total. The van der Waals surface area contributed by atoms with Crippen molar-refractivity contribution in [3.8, 4) is 5.75 Å². The van der Waals surface area contributed by atoms with Crippen LogP contribution in [-0.4, -0.2) is 16.6 Å². The molecule has 76 valence electrons. The van der Waals surface area contributed by atoms with E-state index in [1.165, 1.54) is 0 Å². The number of H-pyrrole nitrogens is 1. The first-order chi connectivity index (χ1) is 6.31. The molecular formula is C10H12ClN2O-. The van der Waals surface area contributed by atoms with Crippen LogP contribution in [-0.2, 0) is 6.42 Å². The lowest BCUT2D eigenvalue weighted by molar-refractivity contribution is -0.00000381. The highest BCUT2D eigenvalue weighted by molar-refractivity contribution is 5.84. The third kappa shape index (κ3) is 1.84. The van der Waals surface area contributed by atoms with Gasteiger partial charge in [-0.2, -0.15) is 0 Å². The van der Waals surface area contributed by atoms with Crippen molar-refractivity contribution in [2.75, 3.05) is 6.54 Å². The third-order valence-electron chi connectivity index (χ3n) is 2.16. The lowest BCUT2D eigenvalue weighted by atomic mass is 10.1. The van der Waals surface area contributed by atoms with Crippen molar-refractivity contribution in [1.29, 1.82) is 0 Å². The van der Waals surface area contributed by atoms with Gasteiger partial charge >= 0.3 is 0 Å². The SMILES string of the molecule is NCCc1c[nH]c2ccc(O)cc12.[Cl-]. The molecule has 0 saturated carbocycles. The van der Waals surface area contributed by atoms with Gasteiger partial charge in [-0.25, -0.2) is 0 Å². The number of benzene rings is 1. The zero-order chi connectivity index (χ0) is 9.26. The van der Waals surface area contributed by atoms with Gasteiger partial charge in [0.2, 0.25) is 0 Å². The number of hydrogen-bond donors (Lipinski definition) is 3. The van der Waals surface area contributed by atoms with E-state index in [4.69, 9.17) is 5.73 Å². The molecule has 2 aromatic rings. The fourth-order valence-corrected chi connectivity index (χ4v) is 1.53. The van der Waals surface area contributed by atoms with Crippen LogP contribution >= 0.6 is 0 Å². The van der Waals surface area contributed by atoms with Crippen molar-refractivity contribution in [2.45, 2.75) is 6.42 Å². The van der Waals surface area contributed by atoms with E-state index in [9.17, 15) is 5.11 Å². The summed E-state index contributed by atoms with van der Waals surface area (Å²) in [5.74, 6) is 0.297. The summed E-state index contributed by atoms with van der Waals surface area (Å²) in [4.78, 5) is 3.13. The molecule has 1 aromatic heterocycles. The van der Waals surface area contributed by atoms with Gasteiger partial charge in [0.05, 0.1) is 0 Å². The number of phenols is 1. The molecule has 0 saturated heterocycles. The summed E-state index contributed by atoms with van der Waals surface area (Å²) >= 11 is 0. The van der Waals surface area contributed by atoms with Crippen LogP contribution in [0.25, 0.3) is 10.9 Å². The summed E-state index contributed by atoms with van der Waals surface area (Å²) in [5, 5.41) is 10.4. The Kier molecular flexibility index (Phi) is 3.38. The average Bonchev–Trinajstić information content (AvgIpc) is 2.49. The predicted molar refractivity (Wildman–Crippen MR) is 52.7 cm³/mol. The van der Waals surface area contributed by atoms with E-state index in [1.54, 1.807) is 12.1 Å². The van der Waals surface area contributed by atoms with Crippen LogP contribution in [0.15, 0.2) is 24.4 Å². The van der Waals surface area contributed by atoms with Gasteiger partial charge in [0.1, 0.15) is 5.75 Å². The standard InChI is InChI=1S/C10H12N2O.ClH/c11-4-3-7-6-12-10-2-1-8(13)5-9(7)10;/h1-2,5-6,12-13H,3-4,11H2;1H/p-1. The highest BCUT2D eigenvalue weighted by Crippen LogP contribution is 2.22. The highest BCUT2D eigenvalue weighted by Gasteiger charge is 2.02.